The van der Waals surface area contributed by atoms with Crippen LogP contribution in [0.4, 0.5) is 0 Å². The van der Waals surface area contributed by atoms with E-state index in [0.717, 1.165) is 24.4 Å². The van der Waals surface area contributed by atoms with Crippen LogP contribution in [0.3, 0.4) is 0 Å². The zero-order chi connectivity index (χ0) is 10.6. The van der Waals surface area contributed by atoms with Crippen molar-refractivity contribution in [3.05, 3.63) is 23.7 Å². The fourth-order valence-corrected chi connectivity index (χ4v) is 1.48. The molecule has 0 amide bonds. The highest BCUT2D eigenvalue weighted by Gasteiger charge is 2.09. The zero-order valence-electron chi connectivity index (χ0n) is 9.29. The van der Waals surface area contributed by atoms with Crippen molar-refractivity contribution in [2.45, 2.75) is 39.9 Å². The van der Waals surface area contributed by atoms with Crippen molar-refractivity contribution >= 4 is 0 Å². The molecule has 1 heterocycles. The molecule has 0 unspecified atom stereocenters. The van der Waals surface area contributed by atoms with E-state index in [9.17, 15) is 0 Å². The Kier molecular flexibility index (Phi) is 4.17. The summed E-state index contributed by atoms with van der Waals surface area (Å²) in [5.41, 5.74) is 6.58. The first-order valence-corrected chi connectivity index (χ1v) is 5.17. The molecule has 0 radical (unpaired) electrons. The maximum Gasteiger partial charge on any atom is 0.118 e. The Morgan fingerprint density at radius 3 is 2.64 bits per heavy atom. The second-order valence-electron chi connectivity index (χ2n) is 3.78. The number of hydrogen-bond donors (Lipinski definition) is 1. The first kappa shape index (κ1) is 11.3. The van der Waals surface area contributed by atoms with Crippen LogP contribution in [0.15, 0.2) is 16.7 Å². The molecule has 14 heavy (non-hydrogen) atoms. The minimum absolute atomic E-state index is 0.548. The van der Waals surface area contributed by atoms with Crippen LogP contribution in [0.2, 0.25) is 0 Å². The molecule has 0 saturated heterocycles. The van der Waals surface area contributed by atoms with Gasteiger partial charge in [0.05, 0.1) is 12.8 Å². The van der Waals surface area contributed by atoms with E-state index in [1.165, 1.54) is 0 Å². The highest BCUT2D eigenvalue weighted by molar-refractivity contribution is 5.12. The minimum Gasteiger partial charge on any atom is -0.468 e. The fraction of sp³-hybridized carbons (Fsp3) is 0.636. The molecule has 1 aromatic heterocycles. The Morgan fingerprint density at radius 1 is 1.50 bits per heavy atom. The maximum absolute atomic E-state index is 5.51. The molecular weight excluding hydrogens is 176 g/mol. The van der Waals surface area contributed by atoms with Gasteiger partial charge in [-0.05, 0) is 26.5 Å². The van der Waals surface area contributed by atoms with Crippen LogP contribution >= 0.6 is 0 Å². The lowest BCUT2D eigenvalue weighted by molar-refractivity contribution is 0.207. The second-order valence-corrected chi connectivity index (χ2v) is 3.78. The molecule has 1 aromatic rings. The molecule has 0 saturated carbocycles. The SMILES string of the molecule is CCN(Cc1cc(CN)co1)C(C)C. The first-order valence-electron chi connectivity index (χ1n) is 5.17. The molecule has 0 aliphatic carbocycles. The van der Waals surface area contributed by atoms with Gasteiger partial charge in [0.2, 0.25) is 0 Å². The third-order valence-electron chi connectivity index (χ3n) is 2.44. The van der Waals surface area contributed by atoms with Crippen molar-refractivity contribution in [3.63, 3.8) is 0 Å². The predicted octanol–water partition coefficient (Wildman–Crippen LogP) is 1.97. The molecule has 0 fully saturated rings. The maximum atomic E-state index is 5.51. The molecule has 0 spiro atoms. The van der Waals surface area contributed by atoms with Crippen molar-refractivity contribution in [3.8, 4) is 0 Å². The van der Waals surface area contributed by atoms with Crippen molar-refractivity contribution in [1.29, 1.82) is 0 Å². The van der Waals surface area contributed by atoms with Gasteiger partial charge in [0.15, 0.2) is 0 Å². The number of nitrogens with zero attached hydrogens (tertiary/aromatic N) is 1. The molecule has 2 N–H and O–H groups in total. The van der Waals surface area contributed by atoms with Gasteiger partial charge >= 0.3 is 0 Å². The van der Waals surface area contributed by atoms with E-state index in [2.05, 4.69) is 25.7 Å². The molecule has 0 aliphatic heterocycles. The lowest BCUT2D eigenvalue weighted by atomic mass is 10.2. The molecule has 0 atom stereocenters. The molecule has 80 valence electrons. The summed E-state index contributed by atoms with van der Waals surface area (Å²) in [6.45, 7) is 9.00. The quantitative estimate of drug-likeness (QED) is 0.783. The van der Waals surface area contributed by atoms with E-state index >= 15 is 0 Å². The lowest BCUT2D eigenvalue weighted by Gasteiger charge is -2.23. The zero-order valence-corrected chi connectivity index (χ0v) is 9.29. The summed E-state index contributed by atoms with van der Waals surface area (Å²) >= 11 is 0. The number of hydrogen-bond acceptors (Lipinski definition) is 3. The summed E-state index contributed by atoms with van der Waals surface area (Å²) < 4.78 is 5.42. The molecule has 0 aromatic carbocycles. The predicted molar refractivity (Wildman–Crippen MR) is 57.8 cm³/mol. The summed E-state index contributed by atoms with van der Waals surface area (Å²) in [6.07, 6.45) is 1.74. The Morgan fingerprint density at radius 2 is 2.21 bits per heavy atom. The molecule has 0 aliphatic rings. The Hall–Kier alpha value is -0.800. The third kappa shape index (κ3) is 2.86. The largest absolute Gasteiger partial charge is 0.468 e. The summed E-state index contributed by atoms with van der Waals surface area (Å²) in [5, 5.41) is 0. The van der Waals surface area contributed by atoms with Crippen molar-refractivity contribution in [2.24, 2.45) is 5.73 Å². The van der Waals surface area contributed by atoms with Gasteiger partial charge in [-0.15, -0.1) is 0 Å². The van der Waals surface area contributed by atoms with Crippen LogP contribution in [0.5, 0.6) is 0 Å². The summed E-state index contributed by atoms with van der Waals surface area (Å²) in [6, 6.07) is 2.58. The molecule has 3 heteroatoms. The van der Waals surface area contributed by atoms with Crippen molar-refractivity contribution in [2.75, 3.05) is 6.54 Å². The first-order chi connectivity index (χ1) is 6.67. The lowest BCUT2D eigenvalue weighted by Crippen LogP contribution is -2.29. The van der Waals surface area contributed by atoms with E-state index in [0.29, 0.717) is 12.6 Å². The molecule has 1 rings (SSSR count). The van der Waals surface area contributed by atoms with E-state index in [1.807, 2.05) is 6.07 Å². The van der Waals surface area contributed by atoms with Crippen LogP contribution in [0.1, 0.15) is 32.1 Å². The van der Waals surface area contributed by atoms with Gasteiger partial charge in [0.25, 0.3) is 0 Å². The minimum atomic E-state index is 0.548. The van der Waals surface area contributed by atoms with Crippen molar-refractivity contribution < 1.29 is 4.42 Å². The van der Waals surface area contributed by atoms with Gasteiger partial charge in [-0.3, -0.25) is 4.90 Å². The number of rotatable bonds is 5. The number of nitrogens with two attached hydrogens (primary N) is 1. The third-order valence-corrected chi connectivity index (χ3v) is 2.44. The summed E-state index contributed by atoms with van der Waals surface area (Å²) in [5.74, 6) is 1.00. The van der Waals surface area contributed by atoms with E-state index in [4.69, 9.17) is 10.2 Å². The normalized spacial score (nSPS) is 11.6. The summed E-state index contributed by atoms with van der Waals surface area (Å²) in [7, 11) is 0. The second kappa shape index (κ2) is 5.17. The average Bonchev–Trinajstić information content (AvgIpc) is 2.61. The van der Waals surface area contributed by atoms with Gasteiger partial charge in [0, 0.05) is 18.2 Å². The van der Waals surface area contributed by atoms with Crippen LogP contribution in [0, 0.1) is 0 Å². The average molecular weight is 196 g/mol. The van der Waals surface area contributed by atoms with E-state index < -0.39 is 0 Å². The van der Waals surface area contributed by atoms with Gasteiger partial charge in [-0.25, -0.2) is 0 Å². The highest BCUT2D eigenvalue weighted by atomic mass is 16.3. The van der Waals surface area contributed by atoms with E-state index in [-0.39, 0.29) is 0 Å². The Bertz CT molecular complexity index is 268. The Labute approximate surface area is 85.9 Å². The fourth-order valence-electron chi connectivity index (χ4n) is 1.48. The summed E-state index contributed by atoms with van der Waals surface area (Å²) in [4.78, 5) is 2.35. The van der Waals surface area contributed by atoms with Crippen molar-refractivity contribution in [1.82, 2.24) is 4.90 Å². The monoisotopic (exact) mass is 196 g/mol. The van der Waals surface area contributed by atoms with Crippen LogP contribution < -0.4 is 5.73 Å². The van der Waals surface area contributed by atoms with Gasteiger partial charge in [0.1, 0.15) is 5.76 Å². The molecular formula is C11H20N2O. The standard InChI is InChI=1S/C11H20N2O/c1-4-13(9(2)3)7-11-5-10(6-12)8-14-11/h5,8-9H,4,6-7,12H2,1-3H3. The number of furan rings is 1. The molecule has 3 nitrogen and oxygen atoms in total. The van der Waals surface area contributed by atoms with Gasteiger partial charge in [-0.1, -0.05) is 6.92 Å². The smallest absolute Gasteiger partial charge is 0.118 e. The van der Waals surface area contributed by atoms with Gasteiger partial charge < -0.3 is 10.2 Å². The van der Waals surface area contributed by atoms with Crippen LogP contribution in [-0.4, -0.2) is 17.5 Å². The Balaban J connectivity index is 2.57. The van der Waals surface area contributed by atoms with Crippen LogP contribution in [-0.2, 0) is 13.1 Å². The van der Waals surface area contributed by atoms with E-state index in [1.54, 1.807) is 6.26 Å². The molecule has 0 bridgehead atoms. The van der Waals surface area contributed by atoms with Crippen LogP contribution in [0.25, 0.3) is 0 Å². The van der Waals surface area contributed by atoms with Gasteiger partial charge in [-0.2, -0.15) is 0 Å². The topological polar surface area (TPSA) is 42.4 Å². The highest BCUT2D eigenvalue weighted by Crippen LogP contribution is 2.11.